The van der Waals surface area contributed by atoms with Crippen molar-refractivity contribution < 1.29 is 4.74 Å². The number of benzene rings is 1. The summed E-state index contributed by atoms with van der Waals surface area (Å²) < 4.78 is 12.2. The molecular formula is C24H42OSn. The maximum atomic E-state index is 6.18. The Morgan fingerprint density at radius 3 is 1.88 bits per heavy atom. The summed E-state index contributed by atoms with van der Waals surface area (Å²) in [6.07, 6.45) is 8.47. The molecule has 1 rings (SSSR count). The summed E-state index contributed by atoms with van der Waals surface area (Å²) in [5, 5.41) is 0. The first kappa shape index (κ1) is 23.8. The summed E-state index contributed by atoms with van der Waals surface area (Å²) in [5.74, 6) is 0. The van der Waals surface area contributed by atoms with Crippen molar-refractivity contribution in [2.75, 3.05) is 0 Å². The van der Waals surface area contributed by atoms with Crippen molar-refractivity contribution in [1.82, 2.24) is 0 Å². The molecule has 1 nitrogen and oxygen atoms in total. The van der Waals surface area contributed by atoms with E-state index in [1.807, 2.05) is 0 Å². The van der Waals surface area contributed by atoms with Gasteiger partial charge in [0.25, 0.3) is 0 Å². The molecule has 1 atom stereocenters. The minimum atomic E-state index is -2.15. The van der Waals surface area contributed by atoms with E-state index in [9.17, 15) is 0 Å². The summed E-state index contributed by atoms with van der Waals surface area (Å²) in [7, 11) is 0. The quantitative estimate of drug-likeness (QED) is 0.188. The van der Waals surface area contributed by atoms with E-state index in [1.165, 1.54) is 54.1 Å². The van der Waals surface area contributed by atoms with Gasteiger partial charge in [-0.15, -0.1) is 0 Å². The van der Waals surface area contributed by atoms with Gasteiger partial charge in [0.1, 0.15) is 0 Å². The Morgan fingerprint density at radius 2 is 1.42 bits per heavy atom. The molecule has 0 aliphatic heterocycles. The first-order valence-corrected chi connectivity index (χ1v) is 19.0. The van der Waals surface area contributed by atoms with Gasteiger partial charge in [-0.1, -0.05) is 0 Å². The third-order valence-electron chi connectivity index (χ3n) is 5.70. The van der Waals surface area contributed by atoms with E-state index in [4.69, 9.17) is 4.74 Å². The number of ether oxygens (including phenoxy) is 1. The molecule has 148 valence electrons. The van der Waals surface area contributed by atoms with Crippen LogP contribution in [0.4, 0.5) is 0 Å². The molecule has 0 fully saturated rings. The summed E-state index contributed by atoms with van der Waals surface area (Å²) in [4.78, 5) is 0. The second kappa shape index (κ2) is 13.8. The van der Waals surface area contributed by atoms with Crippen molar-refractivity contribution in [3.63, 3.8) is 0 Å². The Bertz CT molecular complexity index is 460. The molecule has 0 saturated heterocycles. The van der Waals surface area contributed by atoms with E-state index < -0.39 is 18.4 Å². The van der Waals surface area contributed by atoms with Crippen molar-refractivity contribution in [2.45, 2.75) is 96.7 Å². The van der Waals surface area contributed by atoms with E-state index in [2.05, 4.69) is 64.6 Å². The van der Waals surface area contributed by atoms with Gasteiger partial charge in [-0.25, -0.2) is 0 Å². The second-order valence-corrected chi connectivity index (χ2v) is 21.9. The van der Waals surface area contributed by atoms with E-state index in [0.717, 1.165) is 0 Å². The van der Waals surface area contributed by atoms with Gasteiger partial charge in [-0.3, -0.25) is 0 Å². The van der Waals surface area contributed by atoms with E-state index >= 15 is 0 Å². The molecule has 0 saturated carbocycles. The van der Waals surface area contributed by atoms with Gasteiger partial charge in [0, 0.05) is 0 Å². The van der Waals surface area contributed by atoms with Gasteiger partial charge in [0.15, 0.2) is 0 Å². The predicted molar refractivity (Wildman–Crippen MR) is 120 cm³/mol. The van der Waals surface area contributed by atoms with Gasteiger partial charge in [0.05, 0.1) is 0 Å². The molecule has 0 radical (unpaired) electrons. The van der Waals surface area contributed by atoms with Crippen LogP contribution in [0, 0.1) is 0 Å². The van der Waals surface area contributed by atoms with Gasteiger partial charge in [-0.05, 0) is 0 Å². The van der Waals surface area contributed by atoms with Crippen LogP contribution in [0.25, 0.3) is 0 Å². The summed E-state index contributed by atoms with van der Waals surface area (Å²) in [6.45, 7) is 14.4. The first-order valence-electron chi connectivity index (χ1n) is 10.9. The molecule has 0 spiro atoms. The van der Waals surface area contributed by atoms with Gasteiger partial charge in [0.2, 0.25) is 0 Å². The normalized spacial score (nSPS) is 12.9. The third-order valence-corrected chi connectivity index (χ3v) is 21.2. The average molecular weight is 465 g/mol. The van der Waals surface area contributed by atoms with Gasteiger partial charge in [-0.2, -0.15) is 0 Å². The van der Waals surface area contributed by atoms with Crippen LogP contribution in [0.5, 0.6) is 0 Å². The molecule has 0 aliphatic rings. The number of unbranched alkanes of at least 4 members (excludes halogenated alkanes) is 3. The number of hydrogen-bond donors (Lipinski definition) is 0. The fourth-order valence-corrected chi connectivity index (χ4v) is 20.5. The Morgan fingerprint density at radius 1 is 0.923 bits per heavy atom. The Balaban J connectivity index is 2.70. The zero-order valence-electron chi connectivity index (χ0n) is 17.9. The van der Waals surface area contributed by atoms with Crippen molar-refractivity contribution in [2.24, 2.45) is 0 Å². The zero-order valence-corrected chi connectivity index (χ0v) is 20.7. The Labute approximate surface area is 167 Å². The van der Waals surface area contributed by atoms with Crippen molar-refractivity contribution in [1.29, 1.82) is 0 Å². The topological polar surface area (TPSA) is 9.23 Å². The van der Waals surface area contributed by atoms with Crippen molar-refractivity contribution in [3.8, 4) is 0 Å². The monoisotopic (exact) mass is 466 g/mol. The van der Waals surface area contributed by atoms with Crippen LogP contribution in [-0.2, 0) is 11.3 Å². The molecule has 1 aromatic rings. The molecule has 0 aromatic heterocycles. The molecular weight excluding hydrogens is 423 g/mol. The summed E-state index contributed by atoms with van der Waals surface area (Å²) in [5.41, 5.74) is 2.63. The molecule has 26 heavy (non-hydrogen) atoms. The standard InChI is InChI=1S/C12H15O.3C4H9.Sn/c1-10(2)11(3)13-9-12-7-5-4-6-8-12;3*1-3-4-2;/h4-8,11H,1-2,9H2,3H3;3*1,3-4H2,2H3;. The molecule has 0 amide bonds. The van der Waals surface area contributed by atoms with Crippen LogP contribution in [0.15, 0.2) is 42.5 Å². The van der Waals surface area contributed by atoms with Crippen LogP contribution in [-0.4, -0.2) is 24.5 Å². The number of hydrogen-bond acceptors (Lipinski definition) is 1. The number of rotatable bonds is 15. The fraction of sp³-hybridized carbons (Fsp3) is 0.667. The van der Waals surface area contributed by atoms with Crippen molar-refractivity contribution >= 4 is 18.4 Å². The molecule has 0 aliphatic carbocycles. The average Bonchev–Trinajstić information content (AvgIpc) is 2.67. The van der Waals surface area contributed by atoms with E-state index in [0.29, 0.717) is 6.61 Å². The fourth-order valence-electron chi connectivity index (χ4n) is 3.83. The molecule has 0 N–H and O–H groups in total. The van der Waals surface area contributed by atoms with E-state index in [-0.39, 0.29) is 6.10 Å². The Kier molecular flexibility index (Phi) is 12.6. The summed E-state index contributed by atoms with van der Waals surface area (Å²) >= 11 is -2.15. The maximum absolute atomic E-state index is 6.18. The molecule has 0 heterocycles. The Hall–Kier alpha value is -0.281. The second-order valence-electron chi connectivity index (χ2n) is 8.08. The van der Waals surface area contributed by atoms with Crippen LogP contribution in [0.3, 0.4) is 0 Å². The van der Waals surface area contributed by atoms with Crippen molar-refractivity contribution in [3.05, 3.63) is 48.0 Å². The zero-order chi connectivity index (χ0) is 19.3. The van der Waals surface area contributed by atoms with E-state index in [1.54, 1.807) is 13.3 Å². The molecule has 1 aromatic carbocycles. The molecule has 0 bridgehead atoms. The van der Waals surface area contributed by atoms with Crippen LogP contribution in [0.2, 0.25) is 17.7 Å². The van der Waals surface area contributed by atoms with Crippen LogP contribution >= 0.6 is 0 Å². The minimum absolute atomic E-state index is 0.177. The first-order chi connectivity index (χ1) is 12.6. The third kappa shape index (κ3) is 9.08. The summed E-state index contributed by atoms with van der Waals surface area (Å²) in [6, 6.07) is 10.5. The van der Waals surface area contributed by atoms with Crippen LogP contribution < -0.4 is 0 Å². The SMILES string of the molecule is C=C([CH2][Sn]([CH2]CCC)([CH2]CCC)[CH2]CCC)C(C)OCc1ccccc1. The molecule has 1 unspecified atom stereocenters. The van der Waals surface area contributed by atoms with Crippen LogP contribution in [0.1, 0.15) is 71.8 Å². The molecule has 2 heteroatoms. The predicted octanol–water partition coefficient (Wildman–Crippen LogP) is 8.00. The van der Waals surface area contributed by atoms with Gasteiger partial charge < -0.3 is 0 Å². The van der Waals surface area contributed by atoms with Gasteiger partial charge >= 0.3 is 168 Å².